The molecule has 1 fully saturated rings. The lowest BCUT2D eigenvalue weighted by Gasteiger charge is -2.35. The molecule has 0 bridgehead atoms. The Morgan fingerprint density at radius 1 is 1.31 bits per heavy atom. The summed E-state index contributed by atoms with van der Waals surface area (Å²) in [5.74, 6) is 0.0695. The summed E-state index contributed by atoms with van der Waals surface area (Å²) in [5, 5.41) is 13.5. The fourth-order valence-corrected chi connectivity index (χ4v) is 1.98. The lowest BCUT2D eigenvalue weighted by Crippen LogP contribution is -2.50. The molecule has 0 aromatic rings. The number of hydrogen-bond acceptors (Lipinski definition) is 4. The van der Waals surface area contributed by atoms with Crippen molar-refractivity contribution in [3.63, 3.8) is 0 Å². The summed E-state index contributed by atoms with van der Waals surface area (Å²) in [7, 11) is 5.37. The van der Waals surface area contributed by atoms with E-state index < -0.39 is 5.60 Å². The Morgan fingerprint density at radius 3 is 2.38 bits per heavy atom. The summed E-state index contributed by atoms with van der Waals surface area (Å²) in [4.78, 5) is 15.0. The molecular weight excluding hydrogens is 206 g/mol. The van der Waals surface area contributed by atoms with E-state index in [9.17, 15) is 9.90 Å². The number of amides is 1. The first-order chi connectivity index (χ1) is 7.43. The molecule has 94 valence electrons. The van der Waals surface area contributed by atoms with Crippen LogP contribution in [0.5, 0.6) is 0 Å². The summed E-state index contributed by atoms with van der Waals surface area (Å²) in [5.41, 5.74) is -0.632. The fourth-order valence-electron chi connectivity index (χ4n) is 1.98. The maximum Gasteiger partial charge on any atom is 0.236 e. The molecular formula is C11H23N3O2. The number of aliphatic hydroxyl groups is 1. The zero-order chi connectivity index (χ0) is 12.2. The van der Waals surface area contributed by atoms with Gasteiger partial charge >= 0.3 is 0 Å². The Morgan fingerprint density at radius 2 is 1.88 bits per heavy atom. The molecule has 16 heavy (non-hydrogen) atoms. The standard InChI is InChI=1S/C11H23N3O2/c1-13(2)10(15)8-14(3)9-11(16)4-6-12-7-5-11/h12,16H,4-9H2,1-3H3. The van der Waals surface area contributed by atoms with Crippen molar-refractivity contribution >= 4 is 5.91 Å². The van der Waals surface area contributed by atoms with Crippen molar-refractivity contribution in [3.8, 4) is 0 Å². The van der Waals surface area contributed by atoms with E-state index in [4.69, 9.17) is 0 Å². The smallest absolute Gasteiger partial charge is 0.236 e. The molecule has 0 unspecified atom stereocenters. The highest BCUT2D eigenvalue weighted by atomic mass is 16.3. The Hall–Kier alpha value is -0.650. The fraction of sp³-hybridized carbons (Fsp3) is 0.909. The van der Waals surface area contributed by atoms with Gasteiger partial charge in [0.15, 0.2) is 0 Å². The Bertz CT molecular complexity index is 237. The van der Waals surface area contributed by atoms with Gasteiger partial charge < -0.3 is 15.3 Å². The van der Waals surface area contributed by atoms with Crippen LogP contribution >= 0.6 is 0 Å². The number of nitrogens with one attached hydrogen (secondary N) is 1. The number of hydrogen-bond donors (Lipinski definition) is 2. The van der Waals surface area contributed by atoms with Gasteiger partial charge in [0.05, 0.1) is 12.1 Å². The number of rotatable bonds is 4. The highest BCUT2D eigenvalue weighted by molar-refractivity contribution is 5.77. The highest BCUT2D eigenvalue weighted by Crippen LogP contribution is 2.18. The van der Waals surface area contributed by atoms with Crippen molar-refractivity contribution in [1.29, 1.82) is 0 Å². The summed E-state index contributed by atoms with van der Waals surface area (Å²) in [6, 6.07) is 0. The second-order valence-corrected chi connectivity index (χ2v) is 4.93. The normalized spacial score (nSPS) is 19.8. The molecule has 0 aliphatic carbocycles. The summed E-state index contributed by atoms with van der Waals surface area (Å²) >= 11 is 0. The summed E-state index contributed by atoms with van der Waals surface area (Å²) < 4.78 is 0. The minimum Gasteiger partial charge on any atom is -0.388 e. The molecule has 5 nitrogen and oxygen atoms in total. The van der Waals surface area contributed by atoms with Gasteiger partial charge in [-0.25, -0.2) is 0 Å². The minimum atomic E-state index is -0.632. The molecule has 1 amide bonds. The number of carbonyl (C=O) groups is 1. The quantitative estimate of drug-likeness (QED) is 0.657. The highest BCUT2D eigenvalue weighted by Gasteiger charge is 2.30. The van der Waals surface area contributed by atoms with E-state index in [0.29, 0.717) is 13.1 Å². The van der Waals surface area contributed by atoms with E-state index in [1.165, 1.54) is 0 Å². The SMILES string of the molecule is CN(CC(=O)N(C)C)CC1(O)CCNCC1. The molecule has 0 aromatic carbocycles. The number of nitrogens with zero attached hydrogens (tertiary/aromatic N) is 2. The summed E-state index contributed by atoms with van der Waals surface area (Å²) in [6.07, 6.45) is 1.51. The third-order valence-electron chi connectivity index (χ3n) is 3.00. The molecule has 1 rings (SSSR count). The second kappa shape index (κ2) is 5.61. The van der Waals surface area contributed by atoms with E-state index in [1.54, 1.807) is 19.0 Å². The van der Waals surface area contributed by atoms with Crippen LogP contribution in [0.25, 0.3) is 0 Å². The van der Waals surface area contributed by atoms with E-state index in [0.717, 1.165) is 25.9 Å². The average Bonchev–Trinajstić information content (AvgIpc) is 2.17. The van der Waals surface area contributed by atoms with Gasteiger partial charge in [-0.3, -0.25) is 9.69 Å². The third kappa shape index (κ3) is 4.08. The Labute approximate surface area is 97.4 Å². The van der Waals surface area contributed by atoms with Crippen LogP contribution in [0.4, 0.5) is 0 Å². The maximum absolute atomic E-state index is 11.5. The molecule has 1 saturated heterocycles. The summed E-state index contributed by atoms with van der Waals surface area (Å²) in [6.45, 7) is 2.63. The number of likely N-dealkylation sites (N-methyl/N-ethyl adjacent to an activating group) is 2. The molecule has 0 radical (unpaired) electrons. The van der Waals surface area contributed by atoms with Gasteiger partial charge in [-0.2, -0.15) is 0 Å². The van der Waals surface area contributed by atoms with Gasteiger partial charge in [-0.05, 0) is 33.0 Å². The molecule has 5 heteroatoms. The van der Waals surface area contributed by atoms with Crippen molar-refractivity contribution in [2.45, 2.75) is 18.4 Å². The van der Waals surface area contributed by atoms with Gasteiger partial charge in [0.1, 0.15) is 0 Å². The van der Waals surface area contributed by atoms with Crippen LogP contribution < -0.4 is 5.32 Å². The molecule has 1 heterocycles. The van der Waals surface area contributed by atoms with E-state index in [-0.39, 0.29) is 5.91 Å². The zero-order valence-corrected chi connectivity index (χ0v) is 10.5. The van der Waals surface area contributed by atoms with Crippen LogP contribution in [0.3, 0.4) is 0 Å². The van der Waals surface area contributed by atoms with Gasteiger partial charge in [0, 0.05) is 20.6 Å². The zero-order valence-electron chi connectivity index (χ0n) is 10.5. The van der Waals surface area contributed by atoms with Crippen molar-refractivity contribution < 1.29 is 9.90 Å². The van der Waals surface area contributed by atoms with Crippen LogP contribution in [-0.4, -0.2) is 73.7 Å². The average molecular weight is 229 g/mol. The molecule has 2 N–H and O–H groups in total. The molecule has 1 aliphatic heterocycles. The van der Waals surface area contributed by atoms with Crippen molar-refractivity contribution in [3.05, 3.63) is 0 Å². The molecule has 0 spiro atoms. The molecule has 0 aromatic heterocycles. The first kappa shape index (κ1) is 13.4. The van der Waals surface area contributed by atoms with Crippen LogP contribution in [0, 0.1) is 0 Å². The van der Waals surface area contributed by atoms with Crippen LogP contribution in [0.2, 0.25) is 0 Å². The van der Waals surface area contributed by atoms with E-state index >= 15 is 0 Å². The first-order valence-electron chi connectivity index (χ1n) is 5.75. The maximum atomic E-state index is 11.5. The van der Waals surface area contributed by atoms with E-state index in [1.807, 2.05) is 11.9 Å². The number of carbonyl (C=O) groups excluding carboxylic acids is 1. The van der Waals surface area contributed by atoms with Gasteiger partial charge in [0.2, 0.25) is 5.91 Å². The van der Waals surface area contributed by atoms with Crippen molar-refractivity contribution in [2.24, 2.45) is 0 Å². The first-order valence-corrected chi connectivity index (χ1v) is 5.75. The van der Waals surface area contributed by atoms with Crippen molar-refractivity contribution in [1.82, 2.24) is 15.1 Å². The Balaban J connectivity index is 2.37. The van der Waals surface area contributed by atoms with Crippen LogP contribution in [0.15, 0.2) is 0 Å². The van der Waals surface area contributed by atoms with E-state index in [2.05, 4.69) is 5.32 Å². The minimum absolute atomic E-state index is 0.0695. The van der Waals surface area contributed by atoms with Gasteiger partial charge in [0.25, 0.3) is 0 Å². The largest absolute Gasteiger partial charge is 0.388 e. The lowest BCUT2D eigenvalue weighted by atomic mass is 9.92. The third-order valence-corrected chi connectivity index (χ3v) is 3.00. The Kier molecular flexibility index (Phi) is 4.70. The van der Waals surface area contributed by atoms with Gasteiger partial charge in [-0.1, -0.05) is 0 Å². The monoisotopic (exact) mass is 229 g/mol. The second-order valence-electron chi connectivity index (χ2n) is 4.93. The predicted molar refractivity (Wildman–Crippen MR) is 63.2 cm³/mol. The van der Waals surface area contributed by atoms with Crippen LogP contribution in [-0.2, 0) is 4.79 Å². The molecule has 0 atom stereocenters. The van der Waals surface area contributed by atoms with Gasteiger partial charge in [-0.15, -0.1) is 0 Å². The lowest BCUT2D eigenvalue weighted by molar-refractivity contribution is -0.130. The topological polar surface area (TPSA) is 55.8 Å². The molecule has 0 saturated carbocycles. The predicted octanol–water partition coefficient (Wildman–Crippen LogP) is -0.879. The number of piperidine rings is 1. The van der Waals surface area contributed by atoms with Crippen LogP contribution in [0.1, 0.15) is 12.8 Å². The molecule has 1 aliphatic rings. The van der Waals surface area contributed by atoms with Crippen molar-refractivity contribution in [2.75, 3.05) is 47.3 Å².